The molecular formula is C19H25N3O. The first kappa shape index (κ1) is 15.8. The lowest BCUT2D eigenvalue weighted by molar-refractivity contribution is 0.0921. The summed E-state index contributed by atoms with van der Waals surface area (Å²) in [6.07, 6.45) is 9.09. The van der Waals surface area contributed by atoms with Gasteiger partial charge in [-0.15, -0.1) is 0 Å². The van der Waals surface area contributed by atoms with Crippen LogP contribution < -0.4 is 5.32 Å². The molecule has 2 aromatic rings. The van der Waals surface area contributed by atoms with Crippen LogP contribution in [0.1, 0.15) is 55.9 Å². The highest BCUT2D eigenvalue weighted by Crippen LogP contribution is 2.30. The summed E-state index contributed by atoms with van der Waals surface area (Å²) in [4.78, 5) is 12.5. The quantitative estimate of drug-likeness (QED) is 0.877. The van der Waals surface area contributed by atoms with Gasteiger partial charge < -0.3 is 5.32 Å². The summed E-state index contributed by atoms with van der Waals surface area (Å²) in [6.45, 7) is 2.22. The lowest BCUT2D eigenvalue weighted by Crippen LogP contribution is -2.37. The van der Waals surface area contributed by atoms with Crippen LogP contribution >= 0.6 is 0 Å². The van der Waals surface area contributed by atoms with Crippen LogP contribution in [0.3, 0.4) is 0 Å². The van der Waals surface area contributed by atoms with Crippen LogP contribution in [-0.4, -0.2) is 21.7 Å². The van der Waals surface area contributed by atoms with Gasteiger partial charge in [0.25, 0.3) is 5.91 Å². The molecule has 122 valence electrons. The van der Waals surface area contributed by atoms with Gasteiger partial charge in [-0.05, 0) is 43.4 Å². The Morgan fingerprint density at radius 3 is 2.87 bits per heavy atom. The second-order valence-corrected chi connectivity index (χ2v) is 6.39. The van der Waals surface area contributed by atoms with Gasteiger partial charge in [0, 0.05) is 12.2 Å². The van der Waals surface area contributed by atoms with Crippen LogP contribution in [0.4, 0.5) is 0 Å². The minimum atomic E-state index is -0.0481. The Morgan fingerprint density at radius 2 is 2.09 bits per heavy atom. The molecule has 1 N–H and O–H groups in total. The molecule has 1 heterocycles. The second kappa shape index (κ2) is 7.44. The first-order valence-corrected chi connectivity index (χ1v) is 8.70. The van der Waals surface area contributed by atoms with Crippen molar-refractivity contribution in [3.63, 3.8) is 0 Å². The average molecular weight is 311 g/mol. The summed E-state index contributed by atoms with van der Waals surface area (Å²) >= 11 is 0. The molecule has 0 spiro atoms. The van der Waals surface area contributed by atoms with Crippen molar-refractivity contribution < 1.29 is 4.79 Å². The lowest BCUT2D eigenvalue weighted by Gasteiger charge is -2.20. The molecule has 1 aromatic heterocycles. The number of hydrogen-bond acceptors (Lipinski definition) is 2. The van der Waals surface area contributed by atoms with Crippen molar-refractivity contribution in [1.82, 2.24) is 15.1 Å². The number of nitrogens with one attached hydrogen (secondary N) is 1. The normalized spacial score (nSPS) is 20.6. The highest BCUT2D eigenvalue weighted by molar-refractivity contribution is 5.92. The van der Waals surface area contributed by atoms with E-state index in [0.717, 1.165) is 12.1 Å². The molecular weight excluding hydrogens is 286 g/mol. The zero-order valence-electron chi connectivity index (χ0n) is 13.7. The number of carbonyl (C=O) groups excluding carboxylic acids is 1. The summed E-state index contributed by atoms with van der Waals surface area (Å²) in [5.41, 5.74) is 1.46. The topological polar surface area (TPSA) is 46.9 Å². The van der Waals surface area contributed by atoms with Crippen LogP contribution in [0.15, 0.2) is 42.6 Å². The molecule has 1 aromatic carbocycles. The van der Waals surface area contributed by atoms with Crippen LogP contribution in [0.2, 0.25) is 0 Å². The van der Waals surface area contributed by atoms with E-state index in [9.17, 15) is 4.79 Å². The summed E-state index contributed by atoms with van der Waals surface area (Å²) < 4.78 is 1.75. The highest BCUT2D eigenvalue weighted by atomic mass is 16.2. The summed E-state index contributed by atoms with van der Waals surface area (Å²) in [5, 5.41) is 7.62. The van der Waals surface area contributed by atoms with Crippen LogP contribution in [0.25, 0.3) is 5.69 Å². The van der Waals surface area contributed by atoms with Crippen molar-refractivity contribution in [2.24, 2.45) is 5.92 Å². The average Bonchev–Trinajstić information content (AvgIpc) is 3.23. The van der Waals surface area contributed by atoms with Gasteiger partial charge in [0.15, 0.2) is 5.69 Å². The van der Waals surface area contributed by atoms with E-state index in [1.165, 1.54) is 32.1 Å². The predicted octanol–water partition coefficient (Wildman–Crippen LogP) is 3.96. The first-order chi connectivity index (χ1) is 11.3. The number of carbonyl (C=O) groups is 1. The van der Waals surface area contributed by atoms with Gasteiger partial charge >= 0.3 is 0 Å². The molecule has 0 bridgehead atoms. The van der Waals surface area contributed by atoms with Gasteiger partial charge in [-0.25, -0.2) is 4.68 Å². The fraction of sp³-hybridized carbons (Fsp3) is 0.474. The van der Waals surface area contributed by atoms with E-state index in [4.69, 9.17) is 0 Å². The number of benzene rings is 1. The van der Waals surface area contributed by atoms with Crippen molar-refractivity contribution in [1.29, 1.82) is 0 Å². The number of aromatic nitrogens is 2. The van der Waals surface area contributed by atoms with Crippen LogP contribution in [0.5, 0.6) is 0 Å². The Bertz CT molecular complexity index is 635. The van der Waals surface area contributed by atoms with E-state index in [0.29, 0.717) is 17.7 Å². The van der Waals surface area contributed by atoms with Gasteiger partial charge in [-0.1, -0.05) is 44.4 Å². The third kappa shape index (κ3) is 3.81. The van der Waals surface area contributed by atoms with Gasteiger partial charge in [0.2, 0.25) is 0 Å². The van der Waals surface area contributed by atoms with E-state index in [2.05, 4.69) is 17.3 Å². The van der Waals surface area contributed by atoms with Gasteiger partial charge in [0.05, 0.1) is 5.69 Å². The monoisotopic (exact) mass is 311 g/mol. The van der Waals surface area contributed by atoms with Crippen molar-refractivity contribution in [3.05, 3.63) is 48.3 Å². The molecule has 1 amide bonds. The standard InChI is InChI=1S/C19H25N3O/c1-2-3-8-15-9-7-12-17(15)20-19(23)18-13-14-22(21-18)16-10-5-4-6-11-16/h4-6,10-11,13-15,17H,2-3,7-9,12H2,1H3,(H,20,23). The van der Waals surface area contributed by atoms with Crippen LogP contribution in [-0.2, 0) is 0 Å². The van der Waals surface area contributed by atoms with Gasteiger partial charge in [-0.2, -0.15) is 5.10 Å². The second-order valence-electron chi connectivity index (χ2n) is 6.39. The number of para-hydroxylation sites is 1. The molecule has 1 fully saturated rings. The third-order valence-corrected chi connectivity index (χ3v) is 4.75. The fourth-order valence-electron chi connectivity index (χ4n) is 3.45. The van der Waals surface area contributed by atoms with Gasteiger partial charge in [-0.3, -0.25) is 4.79 Å². The summed E-state index contributed by atoms with van der Waals surface area (Å²) in [6, 6.07) is 12.0. The Labute approximate surface area is 137 Å². The molecule has 1 aliphatic rings. The molecule has 4 nitrogen and oxygen atoms in total. The number of rotatable bonds is 6. The highest BCUT2D eigenvalue weighted by Gasteiger charge is 2.28. The van der Waals surface area contributed by atoms with Crippen LogP contribution in [0, 0.1) is 5.92 Å². The maximum atomic E-state index is 12.5. The molecule has 3 rings (SSSR count). The zero-order chi connectivity index (χ0) is 16.1. The minimum Gasteiger partial charge on any atom is -0.348 e. The predicted molar refractivity (Wildman–Crippen MR) is 91.7 cm³/mol. The van der Waals surface area contributed by atoms with Crippen molar-refractivity contribution in [2.45, 2.75) is 51.5 Å². The van der Waals surface area contributed by atoms with E-state index in [1.807, 2.05) is 36.5 Å². The van der Waals surface area contributed by atoms with Crippen molar-refractivity contribution in [2.75, 3.05) is 0 Å². The van der Waals surface area contributed by atoms with E-state index < -0.39 is 0 Å². The number of unbranched alkanes of at least 4 members (excludes halogenated alkanes) is 1. The van der Waals surface area contributed by atoms with Crippen molar-refractivity contribution in [3.8, 4) is 5.69 Å². The molecule has 1 saturated carbocycles. The fourth-order valence-corrected chi connectivity index (χ4v) is 3.45. The molecule has 0 saturated heterocycles. The first-order valence-electron chi connectivity index (χ1n) is 8.70. The largest absolute Gasteiger partial charge is 0.348 e. The number of hydrogen-bond donors (Lipinski definition) is 1. The molecule has 23 heavy (non-hydrogen) atoms. The third-order valence-electron chi connectivity index (χ3n) is 4.75. The maximum absolute atomic E-state index is 12.5. The molecule has 2 atom stereocenters. The molecule has 2 unspecified atom stereocenters. The lowest BCUT2D eigenvalue weighted by atomic mass is 9.97. The molecule has 4 heteroatoms. The Kier molecular flexibility index (Phi) is 5.11. The summed E-state index contributed by atoms with van der Waals surface area (Å²) in [7, 11) is 0. The smallest absolute Gasteiger partial charge is 0.272 e. The Hall–Kier alpha value is -2.10. The molecule has 0 radical (unpaired) electrons. The Morgan fingerprint density at radius 1 is 1.26 bits per heavy atom. The molecule has 1 aliphatic carbocycles. The van der Waals surface area contributed by atoms with E-state index >= 15 is 0 Å². The summed E-state index contributed by atoms with van der Waals surface area (Å²) in [5.74, 6) is 0.586. The van der Waals surface area contributed by atoms with Gasteiger partial charge in [0.1, 0.15) is 0 Å². The number of nitrogens with zero attached hydrogens (tertiary/aromatic N) is 2. The van der Waals surface area contributed by atoms with Crippen molar-refractivity contribution >= 4 is 5.91 Å². The van der Waals surface area contributed by atoms with E-state index in [1.54, 1.807) is 10.7 Å². The number of amides is 1. The van der Waals surface area contributed by atoms with E-state index in [-0.39, 0.29) is 5.91 Å². The SMILES string of the molecule is CCCCC1CCCC1NC(=O)c1ccn(-c2ccccc2)n1. The Balaban J connectivity index is 1.63. The molecule has 0 aliphatic heterocycles. The zero-order valence-corrected chi connectivity index (χ0v) is 13.7. The minimum absolute atomic E-state index is 0.0481. The maximum Gasteiger partial charge on any atom is 0.272 e.